The van der Waals surface area contributed by atoms with Crippen LogP contribution in [0.1, 0.15) is 57.9 Å². The summed E-state index contributed by atoms with van der Waals surface area (Å²) < 4.78 is 52.5. The van der Waals surface area contributed by atoms with Gasteiger partial charge in [-0.1, -0.05) is 50.6 Å². The Morgan fingerprint density at radius 3 is 2.54 bits per heavy atom. The maximum absolute atomic E-state index is 14.4. The van der Waals surface area contributed by atoms with Gasteiger partial charge < -0.3 is 44.2 Å². The second kappa shape index (κ2) is 15.4. The third-order valence-corrected chi connectivity index (χ3v) is 12.0. The Morgan fingerprint density at radius 1 is 1.04 bits per heavy atom. The van der Waals surface area contributed by atoms with Crippen LogP contribution in [0.4, 0.5) is 4.79 Å². The van der Waals surface area contributed by atoms with Crippen molar-refractivity contribution in [3.63, 3.8) is 0 Å². The summed E-state index contributed by atoms with van der Waals surface area (Å²) in [7, 11) is -4.23. The van der Waals surface area contributed by atoms with Crippen LogP contribution < -0.4 is 19.9 Å². The predicted molar refractivity (Wildman–Crippen MR) is 179 cm³/mol. The lowest BCUT2D eigenvalue weighted by molar-refractivity contribution is -0.273. The van der Waals surface area contributed by atoms with Gasteiger partial charge in [0.05, 0.1) is 36.3 Å². The Morgan fingerprint density at radius 2 is 1.80 bits per heavy atom. The molecule has 2 aromatic carbocycles. The summed E-state index contributed by atoms with van der Waals surface area (Å²) >= 11 is 0. The number of carboxylic acid groups (broad SMARTS) is 1. The van der Waals surface area contributed by atoms with Crippen LogP contribution in [-0.2, 0) is 30.7 Å². The number of carbonyl (C=O) groups is 2. The number of hydrogen-bond acceptors (Lipinski definition) is 10. The summed E-state index contributed by atoms with van der Waals surface area (Å²) in [6.45, 7) is 4.65. The topological polar surface area (TPSA) is 167 Å². The molecular weight excluding hydrogens is 666 g/mol. The molecule has 5 atom stereocenters. The van der Waals surface area contributed by atoms with E-state index in [-0.39, 0.29) is 55.5 Å². The molecule has 14 heteroatoms. The number of aliphatic hydroxyl groups is 1. The normalized spacial score (nSPS) is 22.7. The van der Waals surface area contributed by atoms with E-state index in [1.807, 2.05) is 44.2 Å². The Hall–Kier alpha value is -3.43. The highest BCUT2D eigenvalue weighted by Crippen LogP contribution is 2.38. The Balaban J connectivity index is 1.25. The standard InChI is InChI=1S/C36H49N3O10S/c1-36(2,15-6-7-16-37-33(41)25-10-11-25)22-38(50(44,45)26-12-13-31-32(19-26)49-23-48-31)20-30(40)28(18-24-8-4-3-5-9-24)39(35(42)43)29-21-47-34-27(29)14-17-46-34/h3-5,8-9,12-13,19,25,27-30,34,40H,6-7,10-11,14-18,20-23H2,1-2H3,(H,37,41)(H,42,43)/p-1/t27-,28-,29-,30+,34+/m0/s1. The molecule has 0 spiro atoms. The van der Waals surface area contributed by atoms with Gasteiger partial charge in [0.15, 0.2) is 17.8 Å². The van der Waals surface area contributed by atoms with Gasteiger partial charge in [-0.3, -0.25) is 4.79 Å². The molecule has 3 fully saturated rings. The van der Waals surface area contributed by atoms with Crippen LogP contribution in [0, 0.1) is 17.3 Å². The van der Waals surface area contributed by atoms with E-state index in [9.17, 15) is 28.2 Å². The van der Waals surface area contributed by atoms with Gasteiger partial charge in [0.2, 0.25) is 22.7 Å². The van der Waals surface area contributed by atoms with Gasteiger partial charge in [0.25, 0.3) is 0 Å². The fraction of sp³-hybridized carbons (Fsp3) is 0.611. The van der Waals surface area contributed by atoms with Crippen molar-refractivity contribution in [2.75, 3.05) is 39.6 Å². The third-order valence-electron chi connectivity index (χ3n) is 10.2. The average molecular weight is 715 g/mol. The molecular formula is C36H48N3O10S-. The van der Waals surface area contributed by atoms with E-state index in [1.165, 1.54) is 16.4 Å². The molecule has 3 aliphatic heterocycles. The molecule has 0 bridgehead atoms. The summed E-state index contributed by atoms with van der Waals surface area (Å²) in [6, 6.07) is 11.9. The smallest absolute Gasteiger partial charge is 0.243 e. The van der Waals surface area contributed by atoms with Crippen molar-refractivity contribution in [3.05, 3.63) is 54.1 Å². The van der Waals surface area contributed by atoms with Crippen molar-refractivity contribution in [2.24, 2.45) is 17.3 Å². The number of nitrogens with one attached hydrogen (secondary N) is 1. The second-order valence-corrected chi connectivity index (χ2v) is 16.5. The molecule has 0 radical (unpaired) electrons. The van der Waals surface area contributed by atoms with Crippen LogP contribution in [0.15, 0.2) is 53.4 Å². The highest BCUT2D eigenvalue weighted by atomic mass is 32.2. The van der Waals surface area contributed by atoms with E-state index in [4.69, 9.17) is 18.9 Å². The SMILES string of the molecule is CC(C)(CCCCNC(=O)C1CC1)CN(C[C@@H](O)[C@H](Cc1ccccc1)N(C(=O)[O-])[C@H]1CO[C@H]2OCC[C@H]21)S(=O)(=O)c1ccc2c(c1)OCO2. The minimum atomic E-state index is -4.23. The zero-order chi connectivity index (χ0) is 35.5. The van der Waals surface area contributed by atoms with E-state index in [0.29, 0.717) is 37.5 Å². The number of aliphatic hydroxyl groups excluding tert-OH is 1. The first kappa shape index (κ1) is 36.4. The van der Waals surface area contributed by atoms with Crippen molar-refractivity contribution < 1.29 is 47.2 Å². The fourth-order valence-corrected chi connectivity index (χ4v) is 8.93. The van der Waals surface area contributed by atoms with Crippen molar-refractivity contribution in [3.8, 4) is 11.5 Å². The van der Waals surface area contributed by atoms with Crippen molar-refractivity contribution in [2.45, 2.75) is 88.2 Å². The number of amides is 2. The molecule has 1 aliphatic carbocycles. The number of carbonyl (C=O) groups excluding carboxylic acids is 2. The lowest BCUT2D eigenvalue weighted by Gasteiger charge is -2.43. The monoisotopic (exact) mass is 714 g/mol. The van der Waals surface area contributed by atoms with Crippen LogP contribution in [0.5, 0.6) is 11.5 Å². The molecule has 6 rings (SSSR count). The molecule has 2 aromatic rings. The summed E-state index contributed by atoms with van der Waals surface area (Å²) in [5.41, 5.74) is 0.237. The molecule has 0 unspecified atom stereocenters. The number of sulfonamides is 1. The minimum absolute atomic E-state index is 0.0204. The molecule has 4 aliphatic rings. The highest BCUT2D eigenvalue weighted by molar-refractivity contribution is 7.89. The molecule has 2 saturated heterocycles. The number of ether oxygens (including phenoxy) is 4. The largest absolute Gasteiger partial charge is 0.530 e. The zero-order valence-corrected chi connectivity index (χ0v) is 29.5. The molecule has 0 aromatic heterocycles. The van der Waals surface area contributed by atoms with E-state index in [1.54, 1.807) is 6.07 Å². The molecule has 2 N–H and O–H groups in total. The first-order valence-corrected chi connectivity index (χ1v) is 19.0. The number of unbranched alkanes of at least 4 members (excludes halogenated alkanes) is 1. The van der Waals surface area contributed by atoms with Gasteiger partial charge in [-0.15, -0.1) is 0 Å². The molecule has 3 heterocycles. The van der Waals surface area contributed by atoms with Crippen LogP contribution in [0.25, 0.3) is 0 Å². The quantitative estimate of drug-likeness (QED) is 0.233. The second-order valence-electron chi connectivity index (χ2n) is 14.6. The van der Waals surface area contributed by atoms with Crippen LogP contribution >= 0.6 is 0 Å². The maximum Gasteiger partial charge on any atom is 0.243 e. The van der Waals surface area contributed by atoms with Gasteiger partial charge in [0.1, 0.15) is 6.09 Å². The van der Waals surface area contributed by atoms with Gasteiger partial charge in [-0.25, -0.2) is 8.42 Å². The minimum Gasteiger partial charge on any atom is -0.530 e. The zero-order valence-electron chi connectivity index (χ0n) is 28.7. The van der Waals surface area contributed by atoms with Gasteiger partial charge in [-0.05, 0) is 61.6 Å². The van der Waals surface area contributed by atoms with Crippen molar-refractivity contribution in [1.29, 1.82) is 0 Å². The first-order valence-electron chi connectivity index (χ1n) is 17.5. The Kier molecular flexibility index (Phi) is 11.2. The van der Waals surface area contributed by atoms with Gasteiger partial charge in [-0.2, -0.15) is 4.31 Å². The van der Waals surface area contributed by atoms with Crippen LogP contribution in [-0.4, -0.2) is 98.8 Å². The summed E-state index contributed by atoms with van der Waals surface area (Å²) in [5.74, 6) is 0.735. The van der Waals surface area contributed by atoms with Gasteiger partial charge in [0, 0.05) is 37.5 Å². The summed E-state index contributed by atoms with van der Waals surface area (Å²) in [5, 5.41) is 28.0. The van der Waals surface area contributed by atoms with Gasteiger partial charge >= 0.3 is 0 Å². The number of nitrogens with zero attached hydrogens (tertiary/aromatic N) is 2. The summed E-state index contributed by atoms with van der Waals surface area (Å²) in [6.07, 6.45) is 1.30. The lowest BCUT2D eigenvalue weighted by atomic mass is 9.87. The van der Waals surface area contributed by atoms with E-state index >= 15 is 0 Å². The highest BCUT2D eigenvalue weighted by Gasteiger charge is 2.47. The average Bonchev–Trinajstić information content (AvgIpc) is 3.44. The predicted octanol–water partition coefficient (Wildman–Crippen LogP) is 2.51. The van der Waals surface area contributed by atoms with Crippen molar-refractivity contribution in [1.82, 2.24) is 14.5 Å². The van der Waals surface area contributed by atoms with E-state index < -0.39 is 46.0 Å². The summed E-state index contributed by atoms with van der Waals surface area (Å²) in [4.78, 5) is 26.1. The number of rotatable bonds is 17. The molecule has 274 valence electrons. The number of fused-ring (bicyclic) bond motifs is 2. The van der Waals surface area contributed by atoms with E-state index in [2.05, 4.69) is 5.32 Å². The fourth-order valence-electron chi connectivity index (χ4n) is 7.27. The third kappa shape index (κ3) is 8.53. The van der Waals surface area contributed by atoms with Crippen LogP contribution in [0.3, 0.4) is 0 Å². The van der Waals surface area contributed by atoms with E-state index in [0.717, 1.165) is 36.1 Å². The molecule has 13 nitrogen and oxygen atoms in total. The van der Waals surface area contributed by atoms with Crippen LogP contribution in [0.2, 0.25) is 0 Å². The maximum atomic E-state index is 14.4. The lowest BCUT2D eigenvalue weighted by Crippen LogP contribution is -2.61. The Labute approximate surface area is 293 Å². The molecule has 50 heavy (non-hydrogen) atoms. The Bertz CT molecular complexity index is 1600. The first-order chi connectivity index (χ1) is 23.9. The number of hydrogen-bond donors (Lipinski definition) is 2. The molecule has 2 amide bonds. The number of benzene rings is 2. The molecule has 1 saturated carbocycles. The van der Waals surface area contributed by atoms with Crippen molar-refractivity contribution >= 4 is 22.0 Å².